The molecule has 0 saturated heterocycles. The Morgan fingerprint density at radius 3 is 2.88 bits per heavy atom. The third kappa shape index (κ3) is 1.86. The van der Waals surface area contributed by atoms with Gasteiger partial charge in [-0.3, -0.25) is 4.79 Å². The van der Waals surface area contributed by atoms with E-state index in [0.29, 0.717) is 22.8 Å². The summed E-state index contributed by atoms with van der Waals surface area (Å²) < 4.78 is 15.5. The van der Waals surface area contributed by atoms with Crippen LogP contribution in [0.2, 0.25) is 5.02 Å². The summed E-state index contributed by atoms with van der Waals surface area (Å²) in [6.07, 6.45) is 0. The summed E-state index contributed by atoms with van der Waals surface area (Å²) in [7, 11) is 1.43. The molecule has 1 unspecified atom stereocenters. The second kappa shape index (κ2) is 4.33. The molecule has 1 aromatic carbocycles. The third-order valence-corrected chi connectivity index (χ3v) is 2.97. The molecule has 0 amide bonds. The number of fused-ring (bicyclic) bond motifs is 1. The van der Waals surface area contributed by atoms with Crippen molar-refractivity contribution in [3.8, 4) is 17.2 Å². The van der Waals surface area contributed by atoms with Crippen molar-refractivity contribution in [3.63, 3.8) is 0 Å². The second-order valence-corrected chi connectivity index (χ2v) is 3.98. The number of ether oxygens (including phenoxy) is 3. The van der Waals surface area contributed by atoms with E-state index in [1.807, 2.05) is 0 Å². The molecule has 0 fully saturated rings. The maximum absolute atomic E-state index is 11.0. The van der Waals surface area contributed by atoms with Gasteiger partial charge in [0.2, 0.25) is 6.79 Å². The molecule has 0 radical (unpaired) electrons. The molecule has 2 rings (SSSR count). The zero-order valence-electron chi connectivity index (χ0n) is 9.32. The molecule has 1 aliphatic heterocycles. The second-order valence-electron chi connectivity index (χ2n) is 3.61. The lowest BCUT2D eigenvalue weighted by molar-refractivity contribution is -0.138. The van der Waals surface area contributed by atoms with Crippen molar-refractivity contribution < 1.29 is 24.1 Å². The van der Waals surface area contributed by atoms with Crippen LogP contribution < -0.4 is 14.2 Å². The minimum Gasteiger partial charge on any atom is -0.495 e. The molecule has 0 bridgehead atoms. The number of rotatable bonds is 3. The Balaban J connectivity index is 2.59. The Kier molecular flexibility index (Phi) is 3.02. The normalized spacial score (nSPS) is 14.5. The molecule has 1 N–H and O–H groups in total. The van der Waals surface area contributed by atoms with Crippen LogP contribution in [0, 0.1) is 0 Å². The molecule has 1 aromatic rings. The summed E-state index contributed by atoms with van der Waals surface area (Å²) in [6, 6.07) is 1.59. The van der Waals surface area contributed by atoms with Gasteiger partial charge in [0, 0.05) is 5.56 Å². The van der Waals surface area contributed by atoms with Gasteiger partial charge in [-0.1, -0.05) is 11.6 Å². The topological polar surface area (TPSA) is 65.0 Å². The van der Waals surface area contributed by atoms with Gasteiger partial charge in [-0.2, -0.15) is 0 Å². The first-order valence-corrected chi connectivity index (χ1v) is 5.32. The SMILES string of the molecule is COc1c(C(C)C(=O)O)cc2c(c1Cl)OCO2. The van der Waals surface area contributed by atoms with Gasteiger partial charge in [-0.05, 0) is 13.0 Å². The highest BCUT2D eigenvalue weighted by molar-refractivity contribution is 6.34. The first-order valence-electron chi connectivity index (χ1n) is 4.95. The molecule has 17 heavy (non-hydrogen) atoms. The van der Waals surface area contributed by atoms with Gasteiger partial charge >= 0.3 is 5.97 Å². The summed E-state index contributed by atoms with van der Waals surface area (Å²) >= 11 is 6.09. The Labute approximate surface area is 103 Å². The fourth-order valence-electron chi connectivity index (χ4n) is 1.67. The molecular formula is C11H11ClO5. The summed E-state index contributed by atoms with van der Waals surface area (Å²) in [4.78, 5) is 11.0. The molecule has 1 aliphatic rings. The number of benzene rings is 1. The van der Waals surface area contributed by atoms with Crippen LogP contribution in [-0.4, -0.2) is 25.0 Å². The van der Waals surface area contributed by atoms with Crippen molar-refractivity contribution in [3.05, 3.63) is 16.7 Å². The molecule has 92 valence electrons. The Bertz CT molecular complexity index is 471. The average Bonchev–Trinajstić information content (AvgIpc) is 2.76. The van der Waals surface area contributed by atoms with Gasteiger partial charge in [0.05, 0.1) is 13.0 Å². The van der Waals surface area contributed by atoms with Gasteiger partial charge < -0.3 is 19.3 Å². The fourth-order valence-corrected chi connectivity index (χ4v) is 2.00. The van der Waals surface area contributed by atoms with E-state index in [1.165, 1.54) is 7.11 Å². The highest BCUT2D eigenvalue weighted by Crippen LogP contribution is 2.48. The number of carboxylic acid groups (broad SMARTS) is 1. The molecule has 6 heteroatoms. The molecular weight excluding hydrogens is 248 g/mol. The Morgan fingerprint density at radius 1 is 1.59 bits per heavy atom. The molecule has 5 nitrogen and oxygen atoms in total. The number of aliphatic carboxylic acids is 1. The number of carboxylic acids is 1. The van der Waals surface area contributed by atoms with Crippen molar-refractivity contribution in [2.75, 3.05) is 13.9 Å². The van der Waals surface area contributed by atoms with Crippen molar-refractivity contribution in [2.24, 2.45) is 0 Å². The standard InChI is InChI=1S/C11H11ClO5/c1-5(11(13)14)6-3-7-10(17-4-16-7)8(12)9(6)15-2/h3,5H,4H2,1-2H3,(H,13,14). The van der Waals surface area contributed by atoms with E-state index in [-0.39, 0.29) is 11.8 Å². The Morgan fingerprint density at radius 2 is 2.29 bits per heavy atom. The largest absolute Gasteiger partial charge is 0.495 e. The zero-order chi connectivity index (χ0) is 12.6. The molecule has 0 saturated carbocycles. The molecule has 1 atom stereocenters. The maximum atomic E-state index is 11.0. The number of hydrogen-bond donors (Lipinski definition) is 1. The summed E-state index contributed by atoms with van der Waals surface area (Å²) in [5.41, 5.74) is 0.467. The fraction of sp³-hybridized carbons (Fsp3) is 0.364. The Hall–Kier alpha value is -1.62. The van der Waals surface area contributed by atoms with Crippen LogP contribution in [0.1, 0.15) is 18.4 Å². The average molecular weight is 259 g/mol. The smallest absolute Gasteiger partial charge is 0.310 e. The maximum Gasteiger partial charge on any atom is 0.310 e. The van der Waals surface area contributed by atoms with E-state index < -0.39 is 11.9 Å². The van der Waals surface area contributed by atoms with Gasteiger partial charge in [0.1, 0.15) is 10.8 Å². The minimum atomic E-state index is -0.960. The van der Waals surface area contributed by atoms with Crippen LogP contribution in [0.25, 0.3) is 0 Å². The van der Waals surface area contributed by atoms with Crippen LogP contribution in [0.3, 0.4) is 0 Å². The van der Waals surface area contributed by atoms with Crippen molar-refractivity contribution in [2.45, 2.75) is 12.8 Å². The quantitative estimate of drug-likeness (QED) is 0.901. The van der Waals surface area contributed by atoms with E-state index in [4.69, 9.17) is 30.9 Å². The van der Waals surface area contributed by atoms with Gasteiger partial charge in [0.25, 0.3) is 0 Å². The van der Waals surface area contributed by atoms with E-state index in [0.717, 1.165) is 0 Å². The van der Waals surface area contributed by atoms with Crippen molar-refractivity contribution >= 4 is 17.6 Å². The number of hydrogen-bond acceptors (Lipinski definition) is 4. The molecule has 1 heterocycles. The zero-order valence-corrected chi connectivity index (χ0v) is 10.1. The highest BCUT2D eigenvalue weighted by Gasteiger charge is 2.28. The number of carbonyl (C=O) groups is 1. The minimum absolute atomic E-state index is 0.0725. The van der Waals surface area contributed by atoms with E-state index in [2.05, 4.69) is 0 Å². The van der Waals surface area contributed by atoms with Gasteiger partial charge in [0.15, 0.2) is 11.5 Å². The van der Waals surface area contributed by atoms with Crippen LogP contribution >= 0.6 is 11.6 Å². The predicted octanol–water partition coefficient (Wildman–Crippen LogP) is 2.27. The van der Waals surface area contributed by atoms with Crippen LogP contribution in [0.5, 0.6) is 17.2 Å². The highest BCUT2D eigenvalue weighted by atomic mass is 35.5. The van der Waals surface area contributed by atoms with Crippen LogP contribution in [-0.2, 0) is 4.79 Å². The number of methoxy groups -OCH3 is 1. The summed E-state index contributed by atoms with van der Waals surface area (Å²) in [5.74, 6) is -0.551. The predicted molar refractivity (Wildman–Crippen MR) is 60.2 cm³/mol. The first kappa shape index (κ1) is 11.9. The van der Waals surface area contributed by atoms with Crippen molar-refractivity contribution in [1.29, 1.82) is 0 Å². The molecule has 0 spiro atoms. The van der Waals surface area contributed by atoms with Crippen LogP contribution in [0.15, 0.2) is 6.07 Å². The monoisotopic (exact) mass is 258 g/mol. The third-order valence-electron chi connectivity index (χ3n) is 2.63. The van der Waals surface area contributed by atoms with Gasteiger partial charge in [-0.15, -0.1) is 0 Å². The number of halogens is 1. The van der Waals surface area contributed by atoms with E-state index in [9.17, 15) is 4.79 Å². The van der Waals surface area contributed by atoms with E-state index >= 15 is 0 Å². The lowest BCUT2D eigenvalue weighted by Gasteiger charge is -2.14. The summed E-state index contributed by atoms with van der Waals surface area (Å²) in [6.45, 7) is 1.63. The van der Waals surface area contributed by atoms with Gasteiger partial charge in [-0.25, -0.2) is 0 Å². The molecule has 0 aromatic heterocycles. The van der Waals surface area contributed by atoms with Crippen molar-refractivity contribution in [1.82, 2.24) is 0 Å². The van der Waals surface area contributed by atoms with E-state index in [1.54, 1.807) is 13.0 Å². The van der Waals surface area contributed by atoms with Crippen LogP contribution in [0.4, 0.5) is 0 Å². The lowest BCUT2D eigenvalue weighted by atomic mass is 9.99. The summed E-state index contributed by atoms with van der Waals surface area (Å²) in [5, 5.41) is 9.27. The molecule has 0 aliphatic carbocycles. The lowest BCUT2D eigenvalue weighted by Crippen LogP contribution is -2.09. The first-order chi connectivity index (χ1) is 8.06.